The molecule has 1 saturated heterocycles. The van der Waals surface area contributed by atoms with Crippen molar-refractivity contribution < 1.29 is 0 Å². The third-order valence-corrected chi connectivity index (χ3v) is 4.62. The number of hydrogen-bond acceptors (Lipinski definition) is 6. The zero-order valence-electron chi connectivity index (χ0n) is 16.6. The van der Waals surface area contributed by atoms with E-state index in [9.17, 15) is 0 Å². The minimum Gasteiger partial charge on any atom is -0.357 e. The van der Waals surface area contributed by atoms with Gasteiger partial charge in [0.05, 0.1) is 12.2 Å². The molecule has 0 bridgehead atoms. The van der Waals surface area contributed by atoms with Gasteiger partial charge in [-0.3, -0.25) is 9.88 Å². The predicted octanol–water partition coefficient (Wildman–Crippen LogP) is 1.14. The first-order valence-corrected chi connectivity index (χ1v) is 10.0. The van der Waals surface area contributed by atoms with Crippen LogP contribution in [-0.4, -0.2) is 71.6 Å². The highest BCUT2D eigenvalue weighted by Crippen LogP contribution is 2.09. The number of aromatic nitrogens is 3. The molecule has 2 aromatic rings. The number of anilines is 1. The van der Waals surface area contributed by atoms with Gasteiger partial charge in [0.2, 0.25) is 5.95 Å². The molecule has 3 heterocycles. The molecule has 8 heteroatoms. The smallest absolute Gasteiger partial charge is 0.225 e. The van der Waals surface area contributed by atoms with Crippen molar-refractivity contribution >= 4 is 11.9 Å². The number of piperazine rings is 1. The molecular formula is C20H30N8. The van der Waals surface area contributed by atoms with Gasteiger partial charge >= 0.3 is 0 Å². The van der Waals surface area contributed by atoms with Crippen molar-refractivity contribution in [3.05, 3.63) is 48.5 Å². The zero-order valence-corrected chi connectivity index (χ0v) is 16.6. The van der Waals surface area contributed by atoms with Crippen LogP contribution in [0.1, 0.15) is 19.0 Å². The molecule has 3 rings (SSSR count). The molecule has 0 amide bonds. The SMILES string of the molecule is CCNC(=NCc1ccccn1)NCCCN1CCN(c2ncccn2)CC1. The van der Waals surface area contributed by atoms with Crippen molar-refractivity contribution in [2.75, 3.05) is 50.7 Å². The van der Waals surface area contributed by atoms with Crippen LogP contribution in [-0.2, 0) is 6.54 Å². The van der Waals surface area contributed by atoms with E-state index in [1.165, 1.54) is 0 Å². The van der Waals surface area contributed by atoms with Gasteiger partial charge in [0, 0.05) is 57.9 Å². The van der Waals surface area contributed by atoms with Gasteiger partial charge in [-0.15, -0.1) is 0 Å². The molecule has 28 heavy (non-hydrogen) atoms. The Morgan fingerprint density at radius 3 is 2.50 bits per heavy atom. The van der Waals surface area contributed by atoms with Crippen molar-refractivity contribution in [2.24, 2.45) is 4.99 Å². The highest BCUT2D eigenvalue weighted by molar-refractivity contribution is 5.79. The molecule has 8 nitrogen and oxygen atoms in total. The van der Waals surface area contributed by atoms with Crippen molar-refractivity contribution in [2.45, 2.75) is 19.9 Å². The Morgan fingerprint density at radius 2 is 1.79 bits per heavy atom. The summed E-state index contributed by atoms with van der Waals surface area (Å²) in [6.45, 7) is 9.53. The van der Waals surface area contributed by atoms with E-state index in [1.807, 2.05) is 24.3 Å². The van der Waals surface area contributed by atoms with Crippen LogP contribution >= 0.6 is 0 Å². The van der Waals surface area contributed by atoms with Gasteiger partial charge in [0.1, 0.15) is 0 Å². The third kappa shape index (κ3) is 6.45. The van der Waals surface area contributed by atoms with Crippen molar-refractivity contribution in [3.8, 4) is 0 Å². The minimum absolute atomic E-state index is 0.583. The lowest BCUT2D eigenvalue weighted by atomic mass is 10.3. The number of nitrogens with zero attached hydrogens (tertiary/aromatic N) is 6. The van der Waals surface area contributed by atoms with E-state index in [0.717, 1.165) is 69.8 Å². The molecule has 2 N–H and O–H groups in total. The molecule has 0 saturated carbocycles. The Kier molecular flexibility index (Phi) is 7.99. The standard InChI is InChI=1S/C20H30N8/c1-2-21-19(26-17-18-7-3-4-8-22-18)23-11-6-12-27-13-15-28(16-14-27)20-24-9-5-10-25-20/h3-5,7-10H,2,6,11-17H2,1H3,(H2,21,23,26). The summed E-state index contributed by atoms with van der Waals surface area (Å²) in [6, 6.07) is 7.76. The zero-order chi connectivity index (χ0) is 19.4. The van der Waals surface area contributed by atoms with Crippen LogP contribution in [0.2, 0.25) is 0 Å². The topological polar surface area (TPSA) is 81.6 Å². The van der Waals surface area contributed by atoms with E-state index in [4.69, 9.17) is 0 Å². The van der Waals surface area contributed by atoms with E-state index in [0.29, 0.717) is 6.54 Å². The number of hydrogen-bond donors (Lipinski definition) is 2. The number of aliphatic imine (C=N–C) groups is 1. The fourth-order valence-corrected chi connectivity index (χ4v) is 3.13. The summed E-state index contributed by atoms with van der Waals surface area (Å²) in [4.78, 5) is 22.4. The van der Waals surface area contributed by atoms with Gasteiger partial charge in [-0.2, -0.15) is 0 Å². The van der Waals surface area contributed by atoms with Crippen LogP contribution < -0.4 is 15.5 Å². The van der Waals surface area contributed by atoms with Crippen molar-refractivity contribution in [1.82, 2.24) is 30.5 Å². The van der Waals surface area contributed by atoms with Gasteiger partial charge in [0.25, 0.3) is 0 Å². The monoisotopic (exact) mass is 382 g/mol. The summed E-state index contributed by atoms with van der Waals surface area (Å²) >= 11 is 0. The second kappa shape index (κ2) is 11.2. The largest absolute Gasteiger partial charge is 0.357 e. The fourth-order valence-electron chi connectivity index (χ4n) is 3.13. The summed E-state index contributed by atoms with van der Waals surface area (Å²) in [6.07, 6.45) is 6.49. The molecule has 0 aromatic carbocycles. The lowest BCUT2D eigenvalue weighted by Crippen LogP contribution is -2.47. The van der Waals surface area contributed by atoms with Crippen LogP contribution in [0.5, 0.6) is 0 Å². The van der Waals surface area contributed by atoms with E-state index < -0.39 is 0 Å². The first kappa shape index (κ1) is 20.0. The third-order valence-electron chi connectivity index (χ3n) is 4.62. The molecule has 0 spiro atoms. The van der Waals surface area contributed by atoms with Gasteiger partial charge in [-0.25, -0.2) is 15.0 Å². The summed E-state index contributed by atoms with van der Waals surface area (Å²) in [5.41, 5.74) is 0.972. The second-order valence-corrected chi connectivity index (χ2v) is 6.67. The lowest BCUT2D eigenvalue weighted by molar-refractivity contribution is 0.254. The van der Waals surface area contributed by atoms with Crippen molar-refractivity contribution in [1.29, 1.82) is 0 Å². The highest BCUT2D eigenvalue weighted by Gasteiger charge is 2.18. The maximum Gasteiger partial charge on any atom is 0.225 e. The molecule has 2 aromatic heterocycles. The predicted molar refractivity (Wildman–Crippen MR) is 112 cm³/mol. The molecule has 0 aliphatic carbocycles. The Balaban J connectivity index is 1.35. The number of nitrogens with one attached hydrogen (secondary N) is 2. The van der Waals surface area contributed by atoms with E-state index >= 15 is 0 Å². The van der Waals surface area contributed by atoms with Gasteiger partial charge in [0.15, 0.2) is 5.96 Å². The second-order valence-electron chi connectivity index (χ2n) is 6.67. The Morgan fingerprint density at radius 1 is 1.00 bits per heavy atom. The fraction of sp³-hybridized carbons (Fsp3) is 0.500. The number of rotatable bonds is 8. The average molecular weight is 383 g/mol. The van der Waals surface area contributed by atoms with Crippen molar-refractivity contribution in [3.63, 3.8) is 0 Å². The quantitative estimate of drug-likeness (QED) is 0.402. The van der Waals surface area contributed by atoms with Crippen LogP contribution in [0.4, 0.5) is 5.95 Å². The van der Waals surface area contributed by atoms with Crippen LogP contribution in [0.25, 0.3) is 0 Å². The molecule has 1 aliphatic rings. The summed E-state index contributed by atoms with van der Waals surface area (Å²) in [7, 11) is 0. The first-order chi connectivity index (χ1) is 13.8. The highest BCUT2D eigenvalue weighted by atomic mass is 15.3. The normalized spacial score (nSPS) is 15.5. The van der Waals surface area contributed by atoms with Gasteiger partial charge in [-0.1, -0.05) is 6.07 Å². The molecule has 0 radical (unpaired) electrons. The van der Waals surface area contributed by atoms with Crippen LogP contribution in [0, 0.1) is 0 Å². The van der Waals surface area contributed by atoms with Gasteiger partial charge in [-0.05, 0) is 38.1 Å². The molecule has 1 aliphatic heterocycles. The molecule has 150 valence electrons. The van der Waals surface area contributed by atoms with E-state index in [-0.39, 0.29) is 0 Å². The van der Waals surface area contributed by atoms with E-state index in [1.54, 1.807) is 18.6 Å². The molecule has 0 atom stereocenters. The van der Waals surface area contributed by atoms with Gasteiger partial charge < -0.3 is 15.5 Å². The Labute approximate surface area is 167 Å². The summed E-state index contributed by atoms with van der Waals surface area (Å²) < 4.78 is 0. The lowest BCUT2D eigenvalue weighted by Gasteiger charge is -2.34. The number of guanidine groups is 1. The van der Waals surface area contributed by atoms with Crippen LogP contribution in [0.15, 0.2) is 47.8 Å². The Hall–Kier alpha value is -2.74. The summed E-state index contributed by atoms with van der Waals surface area (Å²) in [5.74, 6) is 1.68. The maximum absolute atomic E-state index is 4.61. The van der Waals surface area contributed by atoms with E-state index in [2.05, 4.69) is 47.3 Å². The minimum atomic E-state index is 0.583. The first-order valence-electron chi connectivity index (χ1n) is 10.0. The summed E-state index contributed by atoms with van der Waals surface area (Å²) in [5, 5.41) is 6.71. The molecule has 1 fully saturated rings. The number of pyridine rings is 1. The maximum atomic E-state index is 4.61. The Bertz CT molecular complexity index is 699. The van der Waals surface area contributed by atoms with Crippen LogP contribution in [0.3, 0.4) is 0 Å². The average Bonchev–Trinajstić information content (AvgIpc) is 2.76. The molecular weight excluding hydrogens is 352 g/mol. The molecule has 0 unspecified atom stereocenters.